The van der Waals surface area contributed by atoms with Crippen molar-refractivity contribution in [3.05, 3.63) is 76.1 Å². The Hall–Kier alpha value is -3.20. The number of ether oxygens (including phenoxy) is 2. The van der Waals surface area contributed by atoms with Crippen molar-refractivity contribution in [3.63, 3.8) is 0 Å². The molecule has 0 amide bonds. The van der Waals surface area contributed by atoms with Crippen molar-refractivity contribution >= 4 is 16.9 Å². The van der Waals surface area contributed by atoms with Gasteiger partial charge in [-0.25, -0.2) is 5.43 Å². The molecule has 2 aromatic carbocycles. The largest absolute Gasteiger partial charge is 0.497 e. The quantitative estimate of drug-likeness (QED) is 0.481. The van der Waals surface area contributed by atoms with Crippen LogP contribution < -0.4 is 21.0 Å². The van der Waals surface area contributed by atoms with Gasteiger partial charge in [0.2, 0.25) is 0 Å². The molecule has 32 heavy (non-hydrogen) atoms. The molecule has 2 heterocycles. The van der Waals surface area contributed by atoms with E-state index in [2.05, 4.69) is 10.9 Å². The van der Waals surface area contributed by atoms with E-state index in [1.807, 2.05) is 24.3 Å². The first-order chi connectivity index (χ1) is 15.5. The van der Waals surface area contributed by atoms with Crippen LogP contribution in [0.3, 0.4) is 0 Å². The molecule has 0 bridgehead atoms. The van der Waals surface area contributed by atoms with Gasteiger partial charge in [0.1, 0.15) is 17.6 Å². The number of benzene rings is 2. The molecule has 168 valence electrons. The average Bonchev–Trinajstić information content (AvgIpc) is 3.18. The van der Waals surface area contributed by atoms with Crippen molar-refractivity contribution in [3.8, 4) is 5.75 Å². The molecule has 1 aliphatic heterocycles. The van der Waals surface area contributed by atoms with E-state index >= 15 is 0 Å². The lowest BCUT2D eigenvalue weighted by molar-refractivity contribution is -0.141. The Balaban J connectivity index is 1.71. The van der Waals surface area contributed by atoms with Crippen molar-refractivity contribution in [1.29, 1.82) is 0 Å². The van der Waals surface area contributed by atoms with Crippen LogP contribution >= 0.6 is 0 Å². The highest BCUT2D eigenvalue weighted by Gasteiger charge is 2.43. The van der Waals surface area contributed by atoms with E-state index in [-0.39, 0.29) is 17.9 Å². The zero-order chi connectivity index (χ0) is 22.7. The number of para-hydroxylation sites is 1. The minimum absolute atomic E-state index is 0.0657. The fourth-order valence-corrected chi connectivity index (χ4v) is 4.37. The molecule has 0 saturated carbocycles. The third-order valence-corrected chi connectivity index (χ3v) is 6.05. The van der Waals surface area contributed by atoms with Gasteiger partial charge in [0.15, 0.2) is 5.43 Å². The molecule has 3 aromatic rings. The topological polar surface area (TPSA) is 110 Å². The number of nitrogens with one attached hydrogen (secondary N) is 2. The van der Waals surface area contributed by atoms with E-state index in [0.29, 0.717) is 23.0 Å². The molecule has 1 aromatic heterocycles. The van der Waals surface area contributed by atoms with E-state index in [1.54, 1.807) is 31.4 Å². The van der Waals surface area contributed by atoms with Crippen LogP contribution in [0.15, 0.2) is 64.0 Å². The van der Waals surface area contributed by atoms with Crippen LogP contribution in [0.25, 0.3) is 11.0 Å². The third kappa shape index (κ3) is 4.38. The highest BCUT2D eigenvalue weighted by molar-refractivity contribution is 5.77. The second-order valence-electron chi connectivity index (χ2n) is 7.87. The molecule has 8 nitrogen and oxygen atoms in total. The number of rotatable bonds is 7. The van der Waals surface area contributed by atoms with Gasteiger partial charge in [-0.2, -0.15) is 0 Å². The van der Waals surface area contributed by atoms with E-state index in [9.17, 15) is 14.7 Å². The Morgan fingerprint density at radius 3 is 2.59 bits per heavy atom. The third-order valence-electron chi connectivity index (χ3n) is 6.05. The number of hydrogen-bond donors (Lipinski definition) is 3. The number of carbonyl (C=O) groups excluding carboxylic acids is 1. The molecular formula is C24H26N2O6. The summed E-state index contributed by atoms with van der Waals surface area (Å²) >= 11 is 0. The maximum absolute atomic E-state index is 13.3. The molecule has 8 heteroatoms. The summed E-state index contributed by atoms with van der Waals surface area (Å²) in [5, 5.41) is 11.2. The van der Waals surface area contributed by atoms with Gasteiger partial charge in [0.25, 0.3) is 0 Å². The Morgan fingerprint density at radius 2 is 1.88 bits per heavy atom. The van der Waals surface area contributed by atoms with Crippen molar-refractivity contribution in [2.24, 2.45) is 5.92 Å². The number of hydrazine groups is 1. The number of fused-ring (bicyclic) bond motifs is 1. The summed E-state index contributed by atoms with van der Waals surface area (Å²) in [5.74, 6) is -0.825. The number of carbonyl (C=O) groups is 1. The van der Waals surface area contributed by atoms with Gasteiger partial charge in [0, 0.05) is 23.4 Å². The zero-order valence-corrected chi connectivity index (χ0v) is 17.9. The first kappa shape index (κ1) is 22.0. The first-order valence-corrected chi connectivity index (χ1v) is 10.4. The lowest BCUT2D eigenvalue weighted by Crippen LogP contribution is -2.37. The van der Waals surface area contributed by atoms with E-state index in [1.165, 1.54) is 13.4 Å². The van der Waals surface area contributed by atoms with Crippen molar-refractivity contribution in [1.82, 2.24) is 10.9 Å². The Kier molecular flexibility index (Phi) is 6.55. The first-order valence-electron chi connectivity index (χ1n) is 10.4. The zero-order valence-electron chi connectivity index (χ0n) is 17.9. The summed E-state index contributed by atoms with van der Waals surface area (Å²) < 4.78 is 15.8. The summed E-state index contributed by atoms with van der Waals surface area (Å²) in [6, 6.07) is 14.3. The number of esters is 1. The molecule has 3 N–H and O–H groups in total. The van der Waals surface area contributed by atoms with E-state index in [4.69, 9.17) is 13.9 Å². The van der Waals surface area contributed by atoms with Crippen LogP contribution in [0, 0.1) is 5.92 Å². The van der Waals surface area contributed by atoms with Crippen LogP contribution in [0.5, 0.6) is 5.75 Å². The lowest BCUT2D eigenvalue weighted by Gasteiger charge is -2.28. The summed E-state index contributed by atoms with van der Waals surface area (Å²) in [4.78, 5) is 25.6. The van der Waals surface area contributed by atoms with Crippen LogP contribution in [-0.4, -0.2) is 37.6 Å². The second kappa shape index (κ2) is 9.52. The number of hydrogen-bond acceptors (Lipinski definition) is 8. The number of methoxy groups -OCH3 is 2. The van der Waals surface area contributed by atoms with Gasteiger partial charge in [-0.1, -0.05) is 24.3 Å². The molecule has 4 rings (SSSR count). The van der Waals surface area contributed by atoms with Crippen molar-refractivity contribution in [2.45, 2.75) is 31.0 Å². The van der Waals surface area contributed by atoms with Crippen LogP contribution in [0.4, 0.5) is 0 Å². The monoisotopic (exact) mass is 438 g/mol. The molecule has 1 aliphatic rings. The van der Waals surface area contributed by atoms with Crippen molar-refractivity contribution in [2.75, 3.05) is 14.2 Å². The maximum atomic E-state index is 13.3. The highest BCUT2D eigenvalue weighted by atomic mass is 16.5. The molecule has 0 radical (unpaired) electrons. The Morgan fingerprint density at radius 1 is 1.12 bits per heavy atom. The predicted octanol–water partition coefficient (Wildman–Crippen LogP) is 2.10. The fourth-order valence-electron chi connectivity index (χ4n) is 4.37. The molecule has 4 atom stereocenters. The van der Waals surface area contributed by atoms with Crippen molar-refractivity contribution < 1.29 is 23.8 Å². The number of aliphatic hydroxyl groups is 1. The summed E-state index contributed by atoms with van der Waals surface area (Å²) in [7, 11) is 2.91. The second-order valence-corrected chi connectivity index (χ2v) is 7.87. The SMILES string of the molecule is COC(=O)CC(c1coc2ccccc2c1=O)C1C(O)NNC1Cc1ccc(OC)cc1. The summed E-state index contributed by atoms with van der Waals surface area (Å²) in [6.07, 6.45) is 0.922. The Bertz CT molecular complexity index is 1140. The fraction of sp³-hybridized carbons (Fsp3) is 0.333. The molecular weight excluding hydrogens is 412 g/mol. The molecule has 1 saturated heterocycles. The molecule has 0 aliphatic carbocycles. The van der Waals surface area contributed by atoms with Crippen LogP contribution in [0.2, 0.25) is 0 Å². The lowest BCUT2D eigenvalue weighted by atomic mass is 9.77. The maximum Gasteiger partial charge on any atom is 0.306 e. The van der Waals surface area contributed by atoms with Crippen LogP contribution in [0.1, 0.15) is 23.5 Å². The molecule has 1 fully saturated rings. The van der Waals surface area contributed by atoms with Gasteiger partial charge in [0.05, 0.1) is 32.3 Å². The smallest absolute Gasteiger partial charge is 0.306 e. The standard InChI is InChI=1S/C24H26N2O6/c1-30-15-9-7-14(8-10-15)11-19-22(24(29)26-25-19)17(12-21(27)31-2)18-13-32-20-6-4-3-5-16(20)23(18)28/h3-10,13,17,19,22,24-26,29H,11-12H2,1-2H3. The molecule has 0 spiro atoms. The highest BCUT2D eigenvalue weighted by Crippen LogP contribution is 2.35. The predicted molar refractivity (Wildman–Crippen MR) is 118 cm³/mol. The summed E-state index contributed by atoms with van der Waals surface area (Å²) in [5.41, 5.74) is 7.58. The minimum atomic E-state index is -0.973. The van der Waals surface area contributed by atoms with Gasteiger partial charge < -0.3 is 19.0 Å². The normalized spacial score (nSPS) is 21.4. The van der Waals surface area contributed by atoms with Crippen LogP contribution in [-0.2, 0) is 16.0 Å². The number of aliphatic hydroxyl groups excluding tert-OH is 1. The minimum Gasteiger partial charge on any atom is -0.497 e. The summed E-state index contributed by atoms with van der Waals surface area (Å²) in [6.45, 7) is 0. The van der Waals surface area contributed by atoms with Gasteiger partial charge in [-0.05, 0) is 36.2 Å². The average molecular weight is 438 g/mol. The van der Waals surface area contributed by atoms with Gasteiger partial charge >= 0.3 is 5.97 Å². The molecule has 4 unspecified atom stereocenters. The van der Waals surface area contributed by atoms with Gasteiger partial charge in [-0.3, -0.25) is 15.0 Å². The van der Waals surface area contributed by atoms with E-state index in [0.717, 1.165) is 11.3 Å². The van der Waals surface area contributed by atoms with E-state index < -0.39 is 24.0 Å². The Labute approximate surface area is 185 Å². The van der Waals surface area contributed by atoms with Gasteiger partial charge in [-0.15, -0.1) is 0 Å².